The van der Waals surface area contributed by atoms with E-state index < -0.39 is 0 Å². The number of benzene rings is 1. The molecule has 1 aromatic carbocycles. The number of aromatic nitrogens is 3. The molecule has 0 saturated heterocycles. The molecule has 3 rings (SSSR count). The second-order valence-corrected chi connectivity index (χ2v) is 5.02. The summed E-state index contributed by atoms with van der Waals surface area (Å²) in [6, 6.07) is 9.52. The van der Waals surface area contributed by atoms with Crippen molar-refractivity contribution >= 4 is 10.9 Å². The summed E-state index contributed by atoms with van der Waals surface area (Å²) in [6.07, 6.45) is 3.29. The predicted molar refractivity (Wildman–Crippen MR) is 78.5 cm³/mol. The number of para-hydroxylation sites is 1. The molecular weight excluding hydrogens is 250 g/mol. The Morgan fingerprint density at radius 1 is 1.05 bits per heavy atom. The van der Waals surface area contributed by atoms with Crippen LogP contribution in [-0.4, -0.2) is 20.1 Å². The molecule has 0 radical (unpaired) electrons. The van der Waals surface area contributed by atoms with Crippen LogP contribution in [0.1, 0.15) is 25.5 Å². The van der Waals surface area contributed by atoms with Gasteiger partial charge in [-0.15, -0.1) is 0 Å². The van der Waals surface area contributed by atoms with E-state index in [1.54, 1.807) is 12.3 Å². The third-order valence-corrected chi connectivity index (χ3v) is 3.26. The van der Waals surface area contributed by atoms with Crippen molar-refractivity contribution in [3.63, 3.8) is 0 Å². The zero-order valence-electron chi connectivity index (χ0n) is 11.4. The normalized spacial score (nSPS) is 11.2. The standard InChI is InChI=1S/C16H15N3O/c1-10(2)15-14(20)7-11(8-17-15)16-12-5-3-4-6-13(12)18-9-19-16/h3-10,20H,1-2H3. The third kappa shape index (κ3) is 2.09. The van der Waals surface area contributed by atoms with E-state index in [1.165, 1.54) is 6.33 Å². The summed E-state index contributed by atoms with van der Waals surface area (Å²) >= 11 is 0. The van der Waals surface area contributed by atoms with Gasteiger partial charge in [0.1, 0.15) is 12.1 Å². The first-order chi connectivity index (χ1) is 9.66. The summed E-state index contributed by atoms with van der Waals surface area (Å²) in [7, 11) is 0. The zero-order chi connectivity index (χ0) is 14.1. The molecule has 2 aromatic heterocycles. The van der Waals surface area contributed by atoms with Gasteiger partial charge < -0.3 is 5.11 Å². The lowest BCUT2D eigenvalue weighted by atomic mass is 10.0. The van der Waals surface area contributed by atoms with Crippen molar-refractivity contribution in [3.8, 4) is 17.0 Å². The van der Waals surface area contributed by atoms with E-state index in [0.29, 0.717) is 5.69 Å². The zero-order valence-corrected chi connectivity index (χ0v) is 11.4. The lowest BCUT2D eigenvalue weighted by Gasteiger charge is -2.09. The predicted octanol–water partition coefficient (Wildman–Crippen LogP) is 3.52. The number of nitrogens with zero attached hydrogens (tertiary/aromatic N) is 3. The topological polar surface area (TPSA) is 58.9 Å². The van der Waals surface area contributed by atoms with Crippen LogP contribution in [0.2, 0.25) is 0 Å². The average Bonchev–Trinajstić information content (AvgIpc) is 2.46. The summed E-state index contributed by atoms with van der Waals surface area (Å²) < 4.78 is 0. The molecule has 20 heavy (non-hydrogen) atoms. The number of aromatic hydroxyl groups is 1. The van der Waals surface area contributed by atoms with E-state index in [-0.39, 0.29) is 11.7 Å². The number of hydrogen-bond acceptors (Lipinski definition) is 4. The molecule has 0 saturated carbocycles. The number of pyridine rings is 1. The highest BCUT2D eigenvalue weighted by Crippen LogP contribution is 2.30. The highest BCUT2D eigenvalue weighted by Gasteiger charge is 2.12. The smallest absolute Gasteiger partial charge is 0.138 e. The molecule has 0 unspecified atom stereocenters. The largest absolute Gasteiger partial charge is 0.506 e. The molecule has 0 atom stereocenters. The molecule has 3 aromatic rings. The second-order valence-electron chi connectivity index (χ2n) is 5.02. The van der Waals surface area contributed by atoms with Gasteiger partial charge in [0.15, 0.2) is 0 Å². The van der Waals surface area contributed by atoms with Gasteiger partial charge in [-0.3, -0.25) is 4.98 Å². The van der Waals surface area contributed by atoms with Crippen molar-refractivity contribution in [2.75, 3.05) is 0 Å². The molecule has 4 nitrogen and oxygen atoms in total. The van der Waals surface area contributed by atoms with Crippen molar-refractivity contribution in [3.05, 3.63) is 48.5 Å². The van der Waals surface area contributed by atoms with Crippen LogP contribution in [0.3, 0.4) is 0 Å². The molecule has 0 bridgehead atoms. The average molecular weight is 265 g/mol. The van der Waals surface area contributed by atoms with Crippen molar-refractivity contribution in [2.24, 2.45) is 0 Å². The lowest BCUT2D eigenvalue weighted by Crippen LogP contribution is -1.95. The molecule has 0 aliphatic rings. The molecule has 4 heteroatoms. The van der Waals surface area contributed by atoms with E-state index in [0.717, 1.165) is 22.2 Å². The van der Waals surface area contributed by atoms with Gasteiger partial charge in [0.2, 0.25) is 0 Å². The van der Waals surface area contributed by atoms with E-state index in [2.05, 4.69) is 15.0 Å². The van der Waals surface area contributed by atoms with Gasteiger partial charge >= 0.3 is 0 Å². The minimum Gasteiger partial charge on any atom is -0.506 e. The van der Waals surface area contributed by atoms with E-state index in [9.17, 15) is 5.11 Å². The van der Waals surface area contributed by atoms with E-state index in [4.69, 9.17) is 0 Å². The lowest BCUT2D eigenvalue weighted by molar-refractivity contribution is 0.460. The van der Waals surface area contributed by atoms with Crippen LogP contribution in [0, 0.1) is 0 Å². The summed E-state index contributed by atoms with van der Waals surface area (Å²) in [4.78, 5) is 12.9. The minimum absolute atomic E-state index is 0.186. The molecular formula is C16H15N3O. The monoisotopic (exact) mass is 265 g/mol. The second kappa shape index (κ2) is 4.89. The summed E-state index contributed by atoms with van der Waals surface area (Å²) in [6.45, 7) is 4.00. The summed E-state index contributed by atoms with van der Waals surface area (Å²) in [5.41, 5.74) is 3.16. The Hall–Kier alpha value is -2.49. The van der Waals surface area contributed by atoms with Crippen molar-refractivity contribution in [2.45, 2.75) is 19.8 Å². The maximum Gasteiger partial charge on any atom is 0.138 e. The third-order valence-electron chi connectivity index (χ3n) is 3.26. The van der Waals surface area contributed by atoms with Crippen LogP contribution in [0.5, 0.6) is 5.75 Å². The van der Waals surface area contributed by atoms with Crippen LogP contribution in [-0.2, 0) is 0 Å². The molecule has 0 aliphatic carbocycles. The number of fused-ring (bicyclic) bond motifs is 1. The Morgan fingerprint density at radius 3 is 2.60 bits per heavy atom. The highest BCUT2D eigenvalue weighted by atomic mass is 16.3. The van der Waals surface area contributed by atoms with Gasteiger partial charge in [0.05, 0.1) is 16.9 Å². The minimum atomic E-state index is 0.186. The van der Waals surface area contributed by atoms with Crippen LogP contribution in [0.15, 0.2) is 42.9 Å². The Balaban J connectivity index is 2.19. The van der Waals surface area contributed by atoms with Crippen LogP contribution in [0.25, 0.3) is 22.2 Å². The Bertz CT molecular complexity index is 763. The SMILES string of the molecule is CC(C)c1ncc(-c2ncnc3ccccc23)cc1O. The molecule has 0 amide bonds. The first-order valence-electron chi connectivity index (χ1n) is 6.56. The van der Waals surface area contributed by atoms with Crippen LogP contribution in [0.4, 0.5) is 0 Å². The Labute approximate surface area is 117 Å². The van der Waals surface area contributed by atoms with Crippen molar-refractivity contribution < 1.29 is 5.11 Å². The molecule has 0 fully saturated rings. The Kier molecular flexibility index (Phi) is 3.06. The Morgan fingerprint density at radius 2 is 1.85 bits per heavy atom. The number of hydrogen-bond donors (Lipinski definition) is 1. The maximum atomic E-state index is 10.1. The molecule has 0 aliphatic heterocycles. The molecule has 100 valence electrons. The van der Waals surface area contributed by atoms with Crippen molar-refractivity contribution in [1.82, 2.24) is 15.0 Å². The molecule has 0 spiro atoms. The quantitative estimate of drug-likeness (QED) is 0.770. The van der Waals surface area contributed by atoms with Gasteiger partial charge in [0.25, 0.3) is 0 Å². The number of rotatable bonds is 2. The van der Waals surface area contributed by atoms with Gasteiger partial charge in [0, 0.05) is 17.1 Å². The van der Waals surface area contributed by atoms with Crippen LogP contribution >= 0.6 is 0 Å². The van der Waals surface area contributed by atoms with Gasteiger partial charge in [-0.25, -0.2) is 9.97 Å². The molecule has 2 heterocycles. The fourth-order valence-corrected chi connectivity index (χ4v) is 2.27. The van der Waals surface area contributed by atoms with Crippen molar-refractivity contribution in [1.29, 1.82) is 0 Å². The fraction of sp³-hybridized carbons (Fsp3) is 0.188. The molecule has 1 N–H and O–H groups in total. The van der Waals surface area contributed by atoms with Gasteiger partial charge in [-0.05, 0) is 18.1 Å². The summed E-state index contributed by atoms with van der Waals surface area (Å²) in [5.74, 6) is 0.395. The van der Waals surface area contributed by atoms with Gasteiger partial charge in [-0.1, -0.05) is 32.0 Å². The highest BCUT2D eigenvalue weighted by molar-refractivity contribution is 5.91. The first kappa shape index (κ1) is 12.5. The van der Waals surface area contributed by atoms with E-state index >= 15 is 0 Å². The van der Waals surface area contributed by atoms with E-state index in [1.807, 2.05) is 38.1 Å². The summed E-state index contributed by atoms with van der Waals surface area (Å²) in [5, 5.41) is 11.0. The van der Waals surface area contributed by atoms with Gasteiger partial charge in [-0.2, -0.15) is 0 Å². The maximum absolute atomic E-state index is 10.1. The van der Waals surface area contributed by atoms with Crippen LogP contribution < -0.4 is 0 Å². The fourth-order valence-electron chi connectivity index (χ4n) is 2.27. The first-order valence-corrected chi connectivity index (χ1v) is 6.56.